The maximum Gasteiger partial charge on any atom is 0.150 e. The van der Waals surface area contributed by atoms with E-state index in [1.165, 1.54) is 0 Å². The number of anilines is 1. The summed E-state index contributed by atoms with van der Waals surface area (Å²) < 4.78 is 12.0. The summed E-state index contributed by atoms with van der Waals surface area (Å²) in [6.45, 7) is 0.968. The van der Waals surface area contributed by atoms with E-state index in [1.807, 2.05) is 72.8 Å². The molecule has 0 aliphatic heterocycles. The molecule has 0 fully saturated rings. The van der Waals surface area contributed by atoms with Gasteiger partial charge >= 0.3 is 0 Å². The normalized spacial score (nSPS) is 10.4. The van der Waals surface area contributed by atoms with Crippen molar-refractivity contribution < 1.29 is 9.47 Å². The van der Waals surface area contributed by atoms with Crippen LogP contribution in [0, 0.1) is 0 Å². The number of rotatable bonds is 7. The molecule has 0 saturated carbocycles. The number of hydrogen-bond acceptors (Lipinski definition) is 3. The number of benzene rings is 3. The summed E-state index contributed by atoms with van der Waals surface area (Å²) in [5.41, 5.74) is 9.88. The lowest BCUT2D eigenvalue weighted by Crippen LogP contribution is -2.04. The van der Waals surface area contributed by atoms with E-state index in [2.05, 4.69) is 15.9 Å². The summed E-state index contributed by atoms with van der Waals surface area (Å²) in [5, 5.41) is 0.603. The molecule has 128 valence electrons. The Balaban J connectivity index is 1.77. The van der Waals surface area contributed by atoms with Gasteiger partial charge in [-0.3, -0.25) is 0 Å². The molecule has 2 N–H and O–H groups in total. The first kappa shape index (κ1) is 17.4. The number of halogens is 1. The van der Waals surface area contributed by atoms with Crippen LogP contribution in [0.2, 0.25) is 0 Å². The van der Waals surface area contributed by atoms with Gasteiger partial charge in [-0.25, -0.2) is 0 Å². The van der Waals surface area contributed by atoms with Crippen molar-refractivity contribution in [2.24, 2.45) is 0 Å². The van der Waals surface area contributed by atoms with Gasteiger partial charge in [-0.2, -0.15) is 0 Å². The Bertz CT molecular complexity index is 807. The van der Waals surface area contributed by atoms with Crippen LogP contribution >= 0.6 is 15.9 Å². The first-order valence-electron chi connectivity index (χ1n) is 8.08. The summed E-state index contributed by atoms with van der Waals surface area (Å²) >= 11 is 3.53. The third-order valence-corrected chi connectivity index (χ3v) is 4.41. The Morgan fingerprint density at radius 2 is 1.28 bits per heavy atom. The number of nitrogens with two attached hydrogens (primary N) is 1. The van der Waals surface area contributed by atoms with Crippen molar-refractivity contribution in [3.63, 3.8) is 0 Å². The van der Waals surface area contributed by atoms with Crippen molar-refractivity contribution in [1.29, 1.82) is 0 Å². The van der Waals surface area contributed by atoms with E-state index in [0.29, 0.717) is 30.0 Å². The molecule has 3 nitrogen and oxygen atoms in total. The van der Waals surface area contributed by atoms with Gasteiger partial charge in [-0.15, -0.1) is 0 Å². The number of hydrogen-bond donors (Lipinski definition) is 1. The molecule has 0 aliphatic carbocycles. The van der Waals surface area contributed by atoms with E-state index in [1.54, 1.807) is 0 Å². The molecule has 0 spiro atoms. The van der Waals surface area contributed by atoms with Crippen molar-refractivity contribution in [2.75, 3.05) is 5.73 Å². The van der Waals surface area contributed by atoms with Crippen molar-refractivity contribution in [2.45, 2.75) is 18.5 Å². The highest BCUT2D eigenvalue weighted by atomic mass is 79.9. The van der Waals surface area contributed by atoms with Gasteiger partial charge in [0.1, 0.15) is 24.7 Å². The van der Waals surface area contributed by atoms with Crippen molar-refractivity contribution in [1.82, 2.24) is 0 Å². The highest BCUT2D eigenvalue weighted by Gasteiger charge is 2.14. The minimum atomic E-state index is 0.465. The monoisotopic (exact) mass is 397 g/mol. The minimum Gasteiger partial charge on any atom is -0.488 e. The summed E-state index contributed by atoms with van der Waals surface area (Å²) in [6.07, 6.45) is 0. The van der Waals surface area contributed by atoms with Gasteiger partial charge < -0.3 is 15.2 Å². The zero-order chi connectivity index (χ0) is 17.5. The Hall–Kier alpha value is -2.46. The molecule has 0 aliphatic rings. The van der Waals surface area contributed by atoms with Crippen LogP contribution in [0.3, 0.4) is 0 Å². The molecular weight excluding hydrogens is 378 g/mol. The van der Waals surface area contributed by atoms with Crippen LogP contribution in [0.15, 0.2) is 72.8 Å². The predicted molar refractivity (Wildman–Crippen MR) is 105 cm³/mol. The largest absolute Gasteiger partial charge is 0.488 e. The van der Waals surface area contributed by atoms with Crippen molar-refractivity contribution in [3.05, 3.63) is 89.5 Å². The molecule has 0 amide bonds. The van der Waals surface area contributed by atoms with Crippen LogP contribution < -0.4 is 15.2 Å². The number of nitrogen functional groups attached to an aromatic ring is 1. The van der Waals surface area contributed by atoms with Gasteiger partial charge in [0.15, 0.2) is 0 Å². The second-order valence-corrected chi connectivity index (χ2v) is 6.20. The molecule has 3 aromatic carbocycles. The predicted octanol–water partition coefficient (Wildman–Crippen LogP) is 5.32. The first-order chi connectivity index (χ1) is 12.3. The van der Waals surface area contributed by atoms with Gasteiger partial charge in [0.05, 0.1) is 5.69 Å². The average molecular weight is 398 g/mol. The van der Waals surface area contributed by atoms with E-state index in [-0.39, 0.29) is 0 Å². The summed E-state index contributed by atoms with van der Waals surface area (Å²) in [7, 11) is 0. The van der Waals surface area contributed by atoms with Gasteiger partial charge in [0, 0.05) is 10.9 Å². The maximum absolute atomic E-state index is 6.14. The fourth-order valence-electron chi connectivity index (χ4n) is 2.53. The van der Waals surface area contributed by atoms with Crippen LogP contribution in [0.4, 0.5) is 5.69 Å². The van der Waals surface area contributed by atoms with Crippen LogP contribution in [-0.4, -0.2) is 0 Å². The minimum absolute atomic E-state index is 0.465. The molecule has 0 heterocycles. The highest BCUT2D eigenvalue weighted by molar-refractivity contribution is 9.08. The third-order valence-electron chi connectivity index (χ3n) is 3.84. The average Bonchev–Trinajstić information content (AvgIpc) is 2.67. The van der Waals surface area contributed by atoms with Crippen LogP contribution in [-0.2, 0) is 18.5 Å². The Labute approximate surface area is 156 Å². The lowest BCUT2D eigenvalue weighted by Gasteiger charge is -2.17. The topological polar surface area (TPSA) is 44.5 Å². The molecule has 25 heavy (non-hydrogen) atoms. The summed E-state index contributed by atoms with van der Waals surface area (Å²) in [5.74, 6) is 1.45. The second-order valence-electron chi connectivity index (χ2n) is 5.64. The number of alkyl halides is 1. The molecule has 0 saturated heterocycles. The van der Waals surface area contributed by atoms with Crippen LogP contribution in [0.1, 0.15) is 16.7 Å². The molecule has 0 atom stereocenters. The lowest BCUT2D eigenvalue weighted by molar-refractivity contribution is 0.287. The Morgan fingerprint density at radius 3 is 1.84 bits per heavy atom. The molecule has 0 bridgehead atoms. The molecular formula is C21H20BrNO2. The fraction of sp³-hybridized carbons (Fsp3) is 0.143. The second kappa shape index (κ2) is 8.58. The third kappa shape index (κ3) is 4.54. The zero-order valence-electron chi connectivity index (χ0n) is 13.8. The van der Waals surface area contributed by atoms with E-state index < -0.39 is 0 Å². The van der Waals surface area contributed by atoms with Crippen molar-refractivity contribution >= 4 is 21.6 Å². The summed E-state index contributed by atoms with van der Waals surface area (Å²) in [6, 6.07) is 23.8. The Kier molecular flexibility index (Phi) is 5.96. The zero-order valence-corrected chi connectivity index (χ0v) is 15.4. The van der Waals surface area contributed by atoms with E-state index in [0.717, 1.165) is 22.4 Å². The molecule has 0 unspecified atom stereocenters. The first-order valence-corrected chi connectivity index (χ1v) is 9.21. The molecule has 0 radical (unpaired) electrons. The van der Waals surface area contributed by atoms with E-state index in [9.17, 15) is 0 Å². The smallest absolute Gasteiger partial charge is 0.150 e. The van der Waals surface area contributed by atoms with E-state index in [4.69, 9.17) is 15.2 Å². The van der Waals surface area contributed by atoms with E-state index >= 15 is 0 Å². The summed E-state index contributed by atoms with van der Waals surface area (Å²) in [4.78, 5) is 0. The van der Waals surface area contributed by atoms with Gasteiger partial charge in [-0.05, 0) is 23.3 Å². The number of ether oxygens (including phenoxy) is 2. The maximum atomic E-state index is 6.14. The van der Waals surface area contributed by atoms with Crippen LogP contribution in [0.25, 0.3) is 0 Å². The highest BCUT2D eigenvalue weighted by Crippen LogP contribution is 2.36. The molecule has 0 aromatic heterocycles. The van der Waals surface area contributed by atoms with Crippen LogP contribution in [0.5, 0.6) is 11.5 Å². The van der Waals surface area contributed by atoms with Gasteiger partial charge in [0.25, 0.3) is 0 Å². The SMILES string of the molecule is Nc1ccc(OCc2ccccc2)c(CBr)c1OCc1ccccc1. The quantitative estimate of drug-likeness (QED) is 0.433. The molecule has 3 rings (SSSR count). The Morgan fingerprint density at radius 1 is 0.720 bits per heavy atom. The lowest BCUT2D eigenvalue weighted by atomic mass is 10.1. The van der Waals surface area contributed by atoms with Gasteiger partial charge in [-0.1, -0.05) is 76.6 Å². The van der Waals surface area contributed by atoms with Gasteiger partial charge in [0.2, 0.25) is 0 Å². The fourth-order valence-corrected chi connectivity index (χ4v) is 3.06. The van der Waals surface area contributed by atoms with Crippen molar-refractivity contribution in [3.8, 4) is 11.5 Å². The standard InChI is InChI=1S/C21H20BrNO2/c22-13-18-20(24-14-16-7-3-1-4-8-16)12-11-19(23)21(18)25-15-17-9-5-2-6-10-17/h1-12H,13-15,23H2. The molecule has 4 heteroatoms. The molecule has 3 aromatic rings.